The molecule has 17 heavy (non-hydrogen) atoms. The van der Waals surface area contributed by atoms with Crippen molar-refractivity contribution in [1.82, 2.24) is 9.55 Å². The van der Waals surface area contributed by atoms with Crippen LogP contribution < -0.4 is 0 Å². The van der Waals surface area contributed by atoms with E-state index >= 15 is 0 Å². The van der Waals surface area contributed by atoms with E-state index < -0.39 is 5.97 Å². The fraction of sp³-hybridized carbons (Fsp3) is 0.692. The summed E-state index contributed by atoms with van der Waals surface area (Å²) in [7, 11) is 0. The maximum Gasteiger partial charge on any atom is 0.303 e. The Morgan fingerprint density at radius 1 is 1.29 bits per heavy atom. The maximum absolute atomic E-state index is 10.3. The molecule has 1 aromatic heterocycles. The molecule has 0 aliphatic heterocycles. The molecule has 0 radical (unpaired) electrons. The number of hydrogen-bond donors (Lipinski definition) is 1. The van der Waals surface area contributed by atoms with E-state index in [1.165, 1.54) is 0 Å². The molecule has 0 saturated heterocycles. The normalized spacial score (nSPS) is 11.6. The molecule has 0 atom stereocenters. The number of hydrogen-bond acceptors (Lipinski definition) is 2. The standard InChI is InChI=1S/C13H22N2O2/c1-13(2,15-10-9-14-11-15)8-6-4-3-5-7-12(16)17/h9-11H,3-8H2,1-2H3,(H,16,17). The first-order valence-electron chi connectivity index (χ1n) is 6.22. The zero-order chi connectivity index (χ0) is 12.7. The van der Waals surface area contributed by atoms with Gasteiger partial charge in [0, 0.05) is 24.4 Å². The highest BCUT2D eigenvalue weighted by atomic mass is 16.4. The van der Waals surface area contributed by atoms with Crippen molar-refractivity contribution in [1.29, 1.82) is 0 Å². The highest BCUT2D eigenvalue weighted by Crippen LogP contribution is 2.22. The van der Waals surface area contributed by atoms with Crippen molar-refractivity contribution < 1.29 is 9.90 Å². The zero-order valence-electron chi connectivity index (χ0n) is 10.7. The number of unbranched alkanes of at least 4 members (excludes halogenated alkanes) is 3. The molecule has 0 aromatic carbocycles. The fourth-order valence-electron chi connectivity index (χ4n) is 1.93. The predicted octanol–water partition coefficient (Wildman–Crippen LogP) is 3.04. The van der Waals surface area contributed by atoms with Gasteiger partial charge in [-0.15, -0.1) is 0 Å². The average Bonchev–Trinajstić information content (AvgIpc) is 2.76. The van der Waals surface area contributed by atoms with Gasteiger partial charge in [-0.2, -0.15) is 0 Å². The first-order chi connectivity index (χ1) is 8.02. The summed E-state index contributed by atoms with van der Waals surface area (Å²) in [6, 6.07) is 0. The Morgan fingerprint density at radius 3 is 2.59 bits per heavy atom. The van der Waals surface area contributed by atoms with Gasteiger partial charge < -0.3 is 9.67 Å². The minimum Gasteiger partial charge on any atom is -0.481 e. The van der Waals surface area contributed by atoms with Crippen LogP contribution in [0.4, 0.5) is 0 Å². The molecule has 1 N–H and O–H groups in total. The van der Waals surface area contributed by atoms with E-state index in [0.717, 1.165) is 32.1 Å². The van der Waals surface area contributed by atoms with Crippen LogP contribution in [0.2, 0.25) is 0 Å². The van der Waals surface area contributed by atoms with Crippen LogP contribution in [-0.2, 0) is 10.3 Å². The van der Waals surface area contributed by atoms with E-state index in [1.807, 2.05) is 12.5 Å². The van der Waals surface area contributed by atoms with E-state index in [1.54, 1.807) is 6.20 Å². The molecule has 96 valence electrons. The van der Waals surface area contributed by atoms with Gasteiger partial charge in [0.25, 0.3) is 0 Å². The maximum atomic E-state index is 10.3. The van der Waals surface area contributed by atoms with Crippen LogP contribution in [0.3, 0.4) is 0 Å². The number of carbonyl (C=O) groups is 1. The summed E-state index contributed by atoms with van der Waals surface area (Å²) in [5, 5.41) is 8.51. The van der Waals surface area contributed by atoms with E-state index in [4.69, 9.17) is 5.11 Å². The molecule has 0 spiro atoms. The first kappa shape index (κ1) is 13.7. The molecule has 0 bridgehead atoms. The summed E-state index contributed by atoms with van der Waals surface area (Å²) in [6.45, 7) is 4.40. The van der Waals surface area contributed by atoms with Crippen LogP contribution in [0.5, 0.6) is 0 Å². The van der Waals surface area contributed by atoms with Gasteiger partial charge in [0.2, 0.25) is 0 Å². The van der Waals surface area contributed by atoms with Gasteiger partial charge >= 0.3 is 5.97 Å². The Labute approximate surface area is 103 Å². The van der Waals surface area contributed by atoms with Crippen molar-refractivity contribution in [2.24, 2.45) is 0 Å². The van der Waals surface area contributed by atoms with E-state index in [0.29, 0.717) is 6.42 Å². The topological polar surface area (TPSA) is 55.1 Å². The third kappa shape index (κ3) is 5.02. The first-order valence-corrected chi connectivity index (χ1v) is 6.22. The molecule has 4 heteroatoms. The smallest absolute Gasteiger partial charge is 0.303 e. The average molecular weight is 238 g/mol. The number of imidazole rings is 1. The second-order valence-corrected chi connectivity index (χ2v) is 5.09. The second-order valence-electron chi connectivity index (χ2n) is 5.09. The van der Waals surface area contributed by atoms with Gasteiger partial charge in [0.15, 0.2) is 0 Å². The Kier molecular flexibility index (Phi) is 5.19. The summed E-state index contributed by atoms with van der Waals surface area (Å²) in [5.41, 5.74) is 0.100. The van der Waals surface area contributed by atoms with Crippen LogP contribution in [0.15, 0.2) is 18.7 Å². The lowest BCUT2D eigenvalue weighted by Crippen LogP contribution is -2.24. The predicted molar refractivity (Wildman–Crippen MR) is 66.9 cm³/mol. The number of carboxylic acid groups (broad SMARTS) is 1. The molecule has 1 rings (SSSR count). The van der Waals surface area contributed by atoms with Crippen molar-refractivity contribution in [3.8, 4) is 0 Å². The summed E-state index contributed by atoms with van der Waals surface area (Å²) in [6.07, 6.45) is 11.1. The lowest BCUT2D eigenvalue weighted by molar-refractivity contribution is -0.137. The Morgan fingerprint density at radius 2 is 2.00 bits per heavy atom. The minimum absolute atomic E-state index is 0.100. The van der Waals surface area contributed by atoms with E-state index in [2.05, 4.69) is 23.4 Å². The minimum atomic E-state index is -0.691. The third-order valence-corrected chi connectivity index (χ3v) is 3.13. The van der Waals surface area contributed by atoms with Crippen LogP contribution in [0.25, 0.3) is 0 Å². The molecule has 1 aromatic rings. The van der Waals surface area contributed by atoms with Gasteiger partial charge in [0.05, 0.1) is 6.33 Å². The summed E-state index contributed by atoms with van der Waals surface area (Å²) < 4.78 is 2.13. The molecule has 0 unspecified atom stereocenters. The summed E-state index contributed by atoms with van der Waals surface area (Å²) in [4.78, 5) is 14.4. The molecule has 0 fully saturated rings. The molecule has 4 nitrogen and oxygen atoms in total. The molecule has 0 aliphatic carbocycles. The molecule has 0 amide bonds. The largest absolute Gasteiger partial charge is 0.481 e. The number of carboxylic acids is 1. The van der Waals surface area contributed by atoms with Gasteiger partial charge in [0.1, 0.15) is 0 Å². The van der Waals surface area contributed by atoms with Crippen LogP contribution in [0.1, 0.15) is 52.4 Å². The fourth-order valence-corrected chi connectivity index (χ4v) is 1.93. The molecular formula is C13H22N2O2. The van der Waals surface area contributed by atoms with Gasteiger partial charge in [-0.3, -0.25) is 4.79 Å². The molecular weight excluding hydrogens is 216 g/mol. The SMILES string of the molecule is CC(C)(CCCCCCC(=O)O)n1ccnc1. The van der Waals surface area contributed by atoms with Crippen molar-refractivity contribution in [2.75, 3.05) is 0 Å². The molecule has 1 heterocycles. The highest BCUT2D eigenvalue weighted by Gasteiger charge is 2.18. The van der Waals surface area contributed by atoms with Crippen LogP contribution >= 0.6 is 0 Å². The van der Waals surface area contributed by atoms with Crippen molar-refractivity contribution in [3.63, 3.8) is 0 Å². The van der Waals surface area contributed by atoms with Gasteiger partial charge in [-0.1, -0.05) is 19.3 Å². The highest BCUT2D eigenvalue weighted by molar-refractivity contribution is 5.66. The van der Waals surface area contributed by atoms with E-state index in [9.17, 15) is 4.79 Å². The lowest BCUT2D eigenvalue weighted by Gasteiger charge is -2.26. The van der Waals surface area contributed by atoms with Crippen molar-refractivity contribution in [2.45, 2.75) is 57.9 Å². The van der Waals surface area contributed by atoms with Crippen LogP contribution in [0, 0.1) is 0 Å². The Bertz CT molecular complexity index is 331. The van der Waals surface area contributed by atoms with Crippen molar-refractivity contribution in [3.05, 3.63) is 18.7 Å². The second kappa shape index (κ2) is 6.42. The van der Waals surface area contributed by atoms with Crippen LogP contribution in [-0.4, -0.2) is 20.6 Å². The summed E-state index contributed by atoms with van der Waals surface area (Å²) in [5.74, 6) is -0.691. The number of aliphatic carboxylic acids is 1. The van der Waals surface area contributed by atoms with Crippen molar-refractivity contribution >= 4 is 5.97 Å². The van der Waals surface area contributed by atoms with Gasteiger partial charge in [-0.25, -0.2) is 4.98 Å². The number of aromatic nitrogens is 2. The Balaban J connectivity index is 2.16. The monoisotopic (exact) mass is 238 g/mol. The quantitative estimate of drug-likeness (QED) is 0.708. The number of rotatable bonds is 8. The molecule has 0 saturated carbocycles. The zero-order valence-corrected chi connectivity index (χ0v) is 10.7. The summed E-state index contributed by atoms with van der Waals surface area (Å²) >= 11 is 0. The lowest BCUT2D eigenvalue weighted by atomic mass is 9.96. The third-order valence-electron chi connectivity index (χ3n) is 3.13. The Hall–Kier alpha value is -1.32. The number of nitrogens with zero attached hydrogens (tertiary/aromatic N) is 2. The molecule has 0 aliphatic rings. The van der Waals surface area contributed by atoms with Gasteiger partial charge in [-0.05, 0) is 26.7 Å². The van der Waals surface area contributed by atoms with E-state index in [-0.39, 0.29) is 5.54 Å².